The Balaban J connectivity index is 2.24. The van der Waals surface area contributed by atoms with Gasteiger partial charge in [0.15, 0.2) is 0 Å². The molecule has 0 aliphatic carbocycles. The van der Waals surface area contributed by atoms with Crippen molar-refractivity contribution in [3.05, 3.63) is 29.3 Å². The molecule has 1 aromatic carbocycles. The number of alkyl halides is 3. The van der Waals surface area contributed by atoms with Gasteiger partial charge in [0.25, 0.3) is 0 Å². The van der Waals surface area contributed by atoms with Gasteiger partial charge in [-0.25, -0.2) is 0 Å². The molecule has 0 saturated carbocycles. The van der Waals surface area contributed by atoms with Gasteiger partial charge in [-0.15, -0.1) is 0 Å². The zero-order valence-corrected chi connectivity index (χ0v) is 12.5. The summed E-state index contributed by atoms with van der Waals surface area (Å²) in [7, 11) is 0. The van der Waals surface area contributed by atoms with Crippen molar-refractivity contribution in [2.75, 3.05) is 31.1 Å². The molecule has 1 aliphatic rings. The van der Waals surface area contributed by atoms with Crippen molar-refractivity contribution in [2.24, 2.45) is 5.73 Å². The third-order valence-electron chi connectivity index (χ3n) is 4.14. The van der Waals surface area contributed by atoms with Gasteiger partial charge < -0.3 is 10.6 Å². The minimum absolute atomic E-state index is 0.113. The van der Waals surface area contributed by atoms with Crippen molar-refractivity contribution in [3.8, 4) is 0 Å². The molecule has 0 aromatic heterocycles. The molecule has 2 rings (SSSR count). The van der Waals surface area contributed by atoms with Crippen LogP contribution >= 0.6 is 0 Å². The van der Waals surface area contributed by atoms with Crippen LogP contribution in [0.2, 0.25) is 0 Å². The summed E-state index contributed by atoms with van der Waals surface area (Å²) in [5.74, 6) is 0. The second-order valence-electron chi connectivity index (χ2n) is 5.47. The van der Waals surface area contributed by atoms with Crippen LogP contribution in [0.4, 0.5) is 18.9 Å². The Labute approximate surface area is 123 Å². The Hall–Kier alpha value is -1.27. The first kappa shape index (κ1) is 16.1. The average molecular weight is 301 g/mol. The topological polar surface area (TPSA) is 32.5 Å². The summed E-state index contributed by atoms with van der Waals surface area (Å²) in [5, 5.41) is 0. The monoisotopic (exact) mass is 301 g/mol. The molecule has 0 bridgehead atoms. The number of piperazine rings is 1. The lowest BCUT2D eigenvalue weighted by molar-refractivity contribution is -0.137. The number of hydrogen-bond donors (Lipinski definition) is 1. The van der Waals surface area contributed by atoms with Gasteiger partial charge in [-0.1, -0.05) is 6.92 Å². The van der Waals surface area contributed by atoms with E-state index in [0.717, 1.165) is 37.9 Å². The van der Waals surface area contributed by atoms with E-state index in [1.54, 1.807) is 6.07 Å². The Morgan fingerprint density at radius 2 is 2.00 bits per heavy atom. The lowest BCUT2D eigenvalue weighted by Crippen LogP contribution is -2.52. The fourth-order valence-corrected chi connectivity index (χ4v) is 2.92. The molecule has 1 unspecified atom stereocenters. The highest BCUT2D eigenvalue weighted by molar-refractivity contribution is 5.56. The second-order valence-corrected chi connectivity index (χ2v) is 5.47. The second kappa shape index (κ2) is 6.23. The molecule has 1 heterocycles. The van der Waals surface area contributed by atoms with Crippen LogP contribution in [0.3, 0.4) is 0 Å². The zero-order valence-electron chi connectivity index (χ0n) is 12.5. The number of nitrogens with two attached hydrogens (primary N) is 1. The lowest BCUT2D eigenvalue weighted by Gasteiger charge is -2.41. The van der Waals surface area contributed by atoms with E-state index < -0.39 is 11.7 Å². The number of halogens is 3. The molecular formula is C15H22F3N3. The molecule has 1 aliphatic heterocycles. The first-order chi connectivity index (χ1) is 9.86. The maximum absolute atomic E-state index is 12.8. The number of anilines is 1. The number of rotatable bonds is 3. The smallest absolute Gasteiger partial charge is 0.368 e. The molecule has 1 fully saturated rings. The minimum atomic E-state index is -4.32. The summed E-state index contributed by atoms with van der Waals surface area (Å²) in [6, 6.07) is 4.26. The number of nitrogens with zero attached hydrogens (tertiary/aromatic N) is 2. The highest BCUT2D eigenvalue weighted by atomic mass is 19.4. The standard InChI is InChI=1S/C15H22F3N3/c1-3-20-6-7-21(10-11(20)2)14-5-4-13(15(16,17)18)8-12(14)9-19/h4-5,8,11H,3,6-7,9-10,19H2,1-2H3. The van der Waals surface area contributed by atoms with Crippen LogP contribution in [0.5, 0.6) is 0 Å². The molecule has 0 amide bonds. The average Bonchev–Trinajstić information content (AvgIpc) is 2.45. The van der Waals surface area contributed by atoms with E-state index in [1.807, 2.05) is 0 Å². The fourth-order valence-electron chi connectivity index (χ4n) is 2.92. The summed E-state index contributed by atoms with van der Waals surface area (Å²) in [4.78, 5) is 4.50. The summed E-state index contributed by atoms with van der Waals surface area (Å²) in [6.45, 7) is 7.91. The van der Waals surface area contributed by atoms with Gasteiger partial charge in [-0.3, -0.25) is 4.90 Å². The first-order valence-electron chi connectivity index (χ1n) is 7.26. The van der Waals surface area contributed by atoms with E-state index in [0.29, 0.717) is 11.6 Å². The molecule has 118 valence electrons. The van der Waals surface area contributed by atoms with Crippen molar-refractivity contribution in [3.63, 3.8) is 0 Å². The van der Waals surface area contributed by atoms with Crippen molar-refractivity contribution >= 4 is 5.69 Å². The van der Waals surface area contributed by atoms with E-state index in [4.69, 9.17) is 5.73 Å². The summed E-state index contributed by atoms with van der Waals surface area (Å²) in [5.41, 5.74) is 6.41. The fraction of sp³-hybridized carbons (Fsp3) is 0.600. The molecule has 1 atom stereocenters. The third kappa shape index (κ3) is 3.49. The lowest BCUT2D eigenvalue weighted by atomic mass is 10.1. The van der Waals surface area contributed by atoms with Crippen molar-refractivity contribution < 1.29 is 13.2 Å². The maximum Gasteiger partial charge on any atom is 0.416 e. The molecule has 6 heteroatoms. The summed E-state index contributed by atoms with van der Waals surface area (Å²) >= 11 is 0. The van der Waals surface area contributed by atoms with Gasteiger partial charge in [-0.2, -0.15) is 13.2 Å². The van der Waals surface area contributed by atoms with E-state index >= 15 is 0 Å². The Kier molecular flexibility index (Phi) is 4.78. The van der Waals surface area contributed by atoms with E-state index in [2.05, 4.69) is 23.6 Å². The van der Waals surface area contributed by atoms with Gasteiger partial charge in [-0.05, 0) is 37.2 Å². The quantitative estimate of drug-likeness (QED) is 0.931. The van der Waals surface area contributed by atoms with E-state index in [9.17, 15) is 13.2 Å². The van der Waals surface area contributed by atoms with Crippen LogP contribution in [0.25, 0.3) is 0 Å². The molecule has 21 heavy (non-hydrogen) atoms. The van der Waals surface area contributed by atoms with Crippen LogP contribution in [-0.4, -0.2) is 37.1 Å². The molecule has 0 spiro atoms. The largest absolute Gasteiger partial charge is 0.416 e. The molecule has 3 nitrogen and oxygen atoms in total. The third-order valence-corrected chi connectivity index (χ3v) is 4.14. The highest BCUT2D eigenvalue weighted by Gasteiger charge is 2.32. The van der Waals surface area contributed by atoms with Crippen LogP contribution < -0.4 is 10.6 Å². The van der Waals surface area contributed by atoms with E-state index in [1.165, 1.54) is 6.07 Å². The number of hydrogen-bond acceptors (Lipinski definition) is 3. The van der Waals surface area contributed by atoms with Gasteiger partial charge in [0.05, 0.1) is 5.56 Å². The molecule has 1 aromatic rings. The van der Waals surface area contributed by atoms with Gasteiger partial charge in [0.2, 0.25) is 0 Å². The highest BCUT2D eigenvalue weighted by Crippen LogP contribution is 2.33. The predicted molar refractivity (Wildman–Crippen MR) is 78.3 cm³/mol. The summed E-state index contributed by atoms with van der Waals surface area (Å²) < 4.78 is 38.3. The van der Waals surface area contributed by atoms with Crippen LogP contribution in [0.15, 0.2) is 18.2 Å². The molecule has 1 saturated heterocycles. The van der Waals surface area contributed by atoms with Gasteiger partial charge in [0.1, 0.15) is 0 Å². The SMILES string of the molecule is CCN1CCN(c2ccc(C(F)(F)F)cc2CN)CC1C. The zero-order chi connectivity index (χ0) is 15.6. The normalized spacial score (nSPS) is 20.9. The van der Waals surface area contributed by atoms with E-state index in [-0.39, 0.29) is 6.54 Å². The van der Waals surface area contributed by atoms with Crippen molar-refractivity contribution in [1.29, 1.82) is 0 Å². The maximum atomic E-state index is 12.8. The minimum Gasteiger partial charge on any atom is -0.368 e. The van der Waals surface area contributed by atoms with Crippen LogP contribution in [-0.2, 0) is 12.7 Å². The van der Waals surface area contributed by atoms with Gasteiger partial charge in [0, 0.05) is 37.9 Å². The summed E-state index contributed by atoms with van der Waals surface area (Å²) in [6.07, 6.45) is -4.32. The van der Waals surface area contributed by atoms with Crippen LogP contribution in [0.1, 0.15) is 25.0 Å². The Morgan fingerprint density at radius 3 is 2.52 bits per heavy atom. The van der Waals surface area contributed by atoms with Crippen LogP contribution in [0, 0.1) is 0 Å². The molecule has 0 radical (unpaired) electrons. The van der Waals surface area contributed by atoms with Gasteiger partial charge >= 0.3 is 6.18 Å². The predicted octanol–water partition coefficient (Wildman–Crippen LogP) is 2.69. The molecule has 2 N–H and O–H groups in total. The Bertz CT molecular complexity index is 488. The Morgan fingerprint density at radius 1 is 1.29 bits per heavy atom. The number of likely N-dealkylation sites (N-methyl/N-ethyl adjacent to an activating group) is 1. The van der Waals surface area contributed by atoms with Crippen molar-refractivity contribution in [1.82, 2.24) is 4.90 Å². The first-order valence-corrected chi connectivity index (χ1v) is 7.26. The van der Waals surface area contributed by atoms with Crippen molar-refractivity contribution in [2.45, 2.75) is 32.6 Å². The molecular weight excluding hydrogens is 279 g/mol. The number of benzene rings is 1.